The average molecular weight is 299 g/mol. The fourth-order valence-corrected chi connectivity index (χ4v) is 5.04. The molecule has 2 rings (SSSR count). The molecule has 7 heteroatoms. The number of ether oxygens (including phenoxy) is 1. The Morgan fingerprint density at radius 3 is 2.67 bits per heavy atom. The van der Waals surface area contributed by atoms with Gasteiger partial charge in [-0.15, -0.1) is 12.4 Å². The summed E-state index contributed by atoms with van der Waals surface area (Å²) in [5.74, 6) is 0.0938. The molecule has 0 aromatic rings. The van der Waals surface area contributed by atoms with Gasteiger partial charge in [-0.25, -0.2) is 8.42 Å². The molecule has 2 bridgehead atoms. The van der Waals surface area contributed by atoms with Crippen LogP contribution in [0.1, 0.15) is 26.2 Å². The molecule has 108 valence electrons. The van der Waals surface area contributed by atoms with Gasteiger partial charge in [-0.2, -0.15) is 4.31 Å². The SMILES string of the molecule is COC(C)CS(=O)(=O)N1C2CCNCC1CC2.Cl. The molecule has 0 spiro atoms. The van der Waals surface area contributed by atoms with Crippen LogP contribution in [0.4, 0.5) is 0 Å². The van der Waals surface area contributed by atoms with Crippen LogP contribution in [0.2, 0.25) is 0 Å². The van der Waals surface area contributed by atoms with E-state index in [4.69, 9.17) is 4.74 Å². The molecular weight excluding hydrogens is 276 g/mol. The van der Waals surface area contributed by atoms with Gasteiger partial charge in [0.15, 0.2) is 0 Å². The third-order valence-corrected chi connectivity index (χ3v) is 5.89. The number of hydrogen-bond donors (Lipinski definition) is 1. The molecule has 1 N–H and O–H groups in total. The molecule has 0 aromatic carbocycles. The lowest BCUT2D eigenvalue weighted by atomic mass is 10.1. The summed E-state index contributed by atoms with van der Waals surface area (Å²) >= 11 is 0. The lowest BCUT2D eigenvalue weighted by molar-refractivity contribution is 0.134. The quantitative estimate of drug-likeness (QED) is 0.826. The highest BCUT2D eigenvalue weighted by Crippen LogP contribution is 2.31. The summed E-state index contributed by atoms with van der Waals surface area (Å²) in [6, 6.07) is 0.348. The second kappa shape index (κ2) is 6.52. The summed E-state index contributed by atoms with van der Waals surface area (Å²) in [5.41, 5.74) is 0. The van der Waals surface area contributed by atoms with Gasteiger partial charge in [-0.3, -0.25) is 0 Å². The zero-order valence-electron chi connectivity index (χ0n) is 11.0. The summed E-state index contributed by atoms with van der Waals surface area (Å²) < 4.78 is 31.6. The molecule has 2 heterocycles. The first-order chi connectivity index (χ1) is 8.04. The van der Waals surface area contributed by atoms with E-state index in [0.29, 0.717) is 0 Å². The van der Waals surface area contributed by atoms with E-state index < -0.39 is 10.0 Å². The summed E-state index contributed by atoms with van der Waals surface area (Å²) in [6.45, 7) is 3.51. The second-order valence-electron chi connectivity index (χ2n) is 5.03. The standard InChI is InChI=1S/C11H22N2O3S.ClH/c1-9(16-2)8-17(14,15)13-10-3-4-11(13)7-12-6-5-10;/h9-12H,3-8H2,1-2H3;1H. The fraction of sp³-hybridized carbons (Fsp3) is 1.00. The molecule has 5 nitrogen and oxygen atoms in total. The Morgan fingerprint density at radius 1 is 1.33 bits per heavy atom. The Balaban J connectivity index is 0.00000162. The van der Waals surface area contributed by atoms with E-state index in [2.05, 4.69) is 5.32 Å². The maximum Gasteiger partial charge on any atom is 0.217 e. The molecule has 2 saturated heterocycles. The molecule has 2 aliphatic rings. The third kappa shape index (κ3) is 3.36. The molecule has 3 atom stereocenters. The number of nitrogens with zero attached hydrogens (tertiary/aromatic N) is 1. The van der Waals surface area contributed by atoms with Gasteiger partial charge in [0, 0.05) is 25.7 Å². The van der Waals surface area contributed by atoms with Crippen molar-refractivity contribution in [3.05, 3.63) is 0 Å². The van der Waals surface area contributed by atoms with Crippen molar-refractivity contribution in [3.63, 3.8) is 0 Å². The van der Waals surface area contributed by atoms with Gasteiger partial charge in [0.1, 0.15) is 0 Å². The number of hydrogen-bond acceptors (Lipinski definition) is 4. The van der Waals surface area contributed by atoms with Gasteiger partial charge in [0.05, 0.1) is 11.9 Å². The number of sulfonamides is 1. The van der Waals surface area contributed by atoms with Gasteiger partial charge in [-0.05, 0) is 32.7 Å². The Kier molecular flexibility index (Phi) is 5.86. The molecular formula is C11H23ClN2O3S. The number of rotatable bonds is 4. The molecule has 0 saturated carbocycles. The first-order valence-electron chi connectivity index (χ1n) is 6.29. The van der Waals surface area contributed by atoms with Gasteiger partial charge in [0.25, 0.3) is 0 Å². The predicted molar refractivity (Wildman–Crippen MR) is 73.6 cm³/mol. The largest absolute Gasteiger partial charge is 0.381 e. The van der Waals surface area contributed by atoms with E-state index in [0.717, 1.165) is 32.4 Å². The third-order valence-electron chi connectivity index (χ3n) is 3.76. The van der Waals surface area contributed by atoms with E-state index in [1.807, 2.05) is 0 Å². The van der Waals surface area contributed by atoms with Crippen molar-refractivity contribution in [2.75, 3.05) is 26.0 Å². The van der Waals surface area contributed by atoms with Crippen LogP contribution in [-0.4, -0.2) is 56.9 Å². The zero-order valence-corrected chi connectivity index (χ0v) is 12.6. The van der Waals surface area contributed by atoms with Gasteiger partial charge < -0.3 is 10.1 Å². The van der Waals surface area contributed by atoms with E-state index in [1.54, 1.807) is 18.3 Å². The molecule has 0 aromatic heterocycles. The van der Waals surface area contributed by atoms with E-state index in [-0.39, 0.29) is 36.3 Å². The van der Waals surface area contributed by atoms with Crippen molar-refractivity contribution in [1.82, 2.24) is 9.62 Å². The topological polar surface area (TPSA) is 58.6 Å². The van der Waals surface area contributed by atoms with E-state index in [9.17, 15) is 8.42 Å². The highest BCUT2D eigenvalue weighted by atomic mass is 35.5. The van der Waals surface area contributed by atoms with Crippen LogP contribution in [0.15, 0.2) is 0 Å². The fourth-order valence-electron chi connectivity index (χ4n) is 2.84. The van der Waals surface area contributed by atoms with Crippen molar-refractivity contribution in [2.24, 2.45) is 0 Å². The molecule has 2 aliphatic heterocycles. The number of halogens is 1. The zero-order chi connectivity index (χ0) is 12.5. The maximum atomic E-state index is 12.4. The lowest BCUT2D eigenvalue weighted by Crippen LogP contribution is -2.45. The van der Waals surface area contributed by atoms with Crippen LogP contribution >= 0.6 is 12.4 Å². The van der Waals surface area contributed by atoms with Crippen LogP contribution < -0.4 is 5.32 Å². The van der Waals surface area contributed by atoms with Crippen molar-refractivity contribution in [3.8, 4) is 0 Å². The molecule has 0 amide bonds. The summed E-state index contributed by atoms with van der Waals surface area (Å²) in [5, 5.41) is 3.31. The van der Waals surface area contributed by atoms with Gasteiger partial charge in [-0.1, -0.05) is 0 Å². The first-order valence-corrected chi connectivity index (χ1v) is 7.90. The summed E-state index contributed by atoms with van der Waals surface area (Å²) in [7, 11) is -1.63. The molecule has 3 unspecified atom stereocenters. The van der Waals surface area contributed by atoms with Crippen LogP contribution in [0.3, 0.4) is 0 Å². The summed E-state index contributed by atoms with van der Waals surface area (Å²) in [4.78, 5) is 0. The molecule has 18 heavy (non-hydrogen) atoms. The highest BCUT2D eigenvalue weighted by Gasteiger charge is 2.42. The molecule has 0 radical (unpaired) electrons. The molecule has 0 aliphatic carbocycles. The summed E-state index contributed by atoms with van der Waals surface area (Å²) in [6.07, 6.45) is 2.68. The smallest absolute Gasteiger partial charge is 0.217 e. The van der Waals surface area contributed by atoms with Crippen LogP contribution in [0.25, 0.3) is 0 Å². The maximum absolute atomic E-state index is 12.4. The predicted octanol–water partition coefficient (Wildman–Crippen LogP) is 0.599. The second-order valence-corrected chi connectivity index (χ2v) is 6.95. The Morgan fingerprint density at radius 2 is 2.00 bits per heavy atom. The average Bonchev–Trinajstić information content (AvgIpc) is 2.52. The Labute approximate surface area is 116 Å². The van der Waals surface area contributed by atoms with Crippen molar-refractivity contribution < 1.29 is 13.2 Å². The van der Waals surface area contributed by atoms with Gasteiger partial charge in [0.2, 0.25) is 10.0 Å². The van der Waals surface area contributed by atoms with E-state index >= 15 is 0 Å². The van der Waals surface area contributed by atoms with Crippen LogP contribution in [0.5, 0.6) is 0 Å². The van der Waals surface area contributed by atoms with Crippen molar-refractivity contribution >= 4 is 22.4 Å². The van der Waals surface area contributed by atoms with Crippen LogP contribution in [0, 0.1) is 0 Å². The number of fused-ring (bicyclic) bond motifs is 2. The monoisotopic (exact) mass is 298 g/mol. The Hall–Kier alpha value is 0.120. The van der Waals surface area contributed by atoms with E-state index in [1.165, 1.54) is 0 Å². The highest BCUT2D eigenvalue weighted by molar-refractivity contribution is 7.89. The Bertz CT molecular complexity index is 349. The van der Waals surface area contributed by atoms with Gasteiger partial charge >= 0.3 is 0 Å². The molecule has 2 fully saturated rings. The first kappa shape index (κ1) is 16.2. The minimum atomic E-state index is -3.19. The van der Waals surface area contributed by atoms with Crippen LogP contribution in [-0.2, 0) is 14.8 Å². The van der Waals surface area contributed by atoms with Crippen molar-refractivity contribution in [1.29, 1.82) is 0 Å². The van der Waals surface area contributed by atoms with Crippen molar-refractivity contribution in [2.45, 2.75) is 44.4 Å². The number of methoxy groups -OCH3 is 1. The lowest BCUT2D eigenvalue weighted by Gasteiger charge is -2.27. The minimum Gasteiger partial charge on any atom is -0.381 e. The number of nitrogens with one attached hydrogen (secondary N) is 1. The minimum absolute atomic E-state index is 0. The normalized spacial score (nSPS) is 30.6.